The molecule has 2 aromatic carbocycles. The molecular formula is C23H18Cl3N3O4S. The summed E-state index contributed by atoms with van der Waals surface area (Å²) in [5.41, 5.74) is 0.989. The number of hydrogen-bond acceptors (Lipinski definition) is 6. The van der Waals surface area contributed by atoms with Gasteiger partial charge in [0.25, 0.3) is 0 Å². The zero-order valence-corrected chi connectivity index (χ0v) is 20.8. The van der Waals surface area contributed by atoms with Crippen molar-refractivity contribution in [2.24, 2.45) is 5.92 Å². The van der Waals surface area contributed by atoms with Crippen LogP contribution in [0.2, 0.25) is 15.1 Å². The molecule has 0 aromatic heterocycles. The number of carbonyl (C=O) groups excluding carboxylic acids is 3. The van der Waals surface area contributed by atoms with Crippen LogP contribution in [0.15, 0.2) is 53.1 Å². The molecule has 0 spiro atoms. The lowest BCUT2D eigenvalue weighted by Gasteiger charge is -2.31. The summed E-state index contributed by atoms with van der Waals surface area (Å²) >= 11 is 19.2. The molecule has 2 aromatic rings. The Kier molecular flexibility index (Phi) is 8.86. The third-order valence-electron chi connectivity index (χ3n) is 4.86. The Bertz CT molecular complexity index is 1210. The van der Waals surface area contributed by atoms with Crippen LogP contribution in [0.25, 0.3) is 0 Å². The predicted octanol–water partition coefficient (Wildman–Crippen LogP) is 5.15. The highest BCUT2D eigenvalue weighted by atomic mass is 35.5. The first kappa shape index (κ1) is 25.9. The third kappa shape index (κ3) is 5.86. The van der Waals surface area contributed by atoms with Gasteiger partial charge in [0.05, 0.1) is 39.1 Å². The maximum absolute atomic E-state index is 12.9. The molecule has 0 radical (unpaired) electrons. The average molecular weight is 539 g/mol. The zero-order valence-electron chi connectivity index (χ0n) is 17.7. The molecule has 1 aliphatic heterocycles. The summed E-state index contributed by atoms with van der Waals surface area (Å²) in [5.74, 6) is -4.20. The summed E-state index contributed by atoms with van der Waals surface area (Å²) in [5, 5.41) is 16.3. The Labute approximate surface area is 215 Å². The van der Waals surface area contributed by atoms with Gasteiger partial charge in [-0.05, 0) is 36.8 Å². The van der Waals surface area contributed by atoms with Gasteiger partial charge in [0, 0.05) is 16.6 Å². The first-order valence-corrected chi connectivity index (χ1v) is 12.1. The van der Waals surface area contributed by atoms with Gasteiger partial charge in [-0.2, -0.15) is 5.26 Å². The van der Waals surface area contributed by atoms with Gasteiger partial charge in [0.1, 0.15) is 5.92 Å². The SMILES string of the molecule is CCOC(=O)C1C(=O)NC(SCC(=O)Nc2ccc(Cl)c(Cl)c2)=C(C#N)C1c1ccccc1Cl. The molecule has 7 nitrogen and oxygen atoms in total. The predicted molar refractivity (Wildman–Crippen MR) is 133 cm³/mol. The molecule has 11 heteroatoms. The number of hydrogen-bond donors (Lipinski definition) is 2. The lowest BCUT2D eigenvalue weighted by Crippen LogP contribution is -2.44. The summed E-state index contributed by atoms with van der Waals surface area (Å²) in [6, 6.07) is 13.4. The van der Waals surface area contributed by atoms with Crippen molar-refractivity contribution in [3.63, 3.8) is 0 Å². The first-order valence-electron chi connectivity index (χ1n) is 10.0. The van der Waals surface area contributed by atoms with Gasteiger partial charge in [0.15, 0.2) is 0 Å². The highest BCUT2D eigenvalue weighted by Crippen LogP contribution is 2.42. The van der Waals surface area contributed by atoms with E-state index in [1.165, 1.54) is 6.07 Å². The largest absolute Gasteiger partial charge is 0.465 e. The van der Waals surface area contributed by atoms with E-state index in [2.05, 4.69) is 16.7 Å². The summed E-state index contributed by atoms with van der Waals surface area (Å²) < 4.78 is 5.09. The van der Waals surface area contributed by atoms with Crippen molar-refractivity contribution in [3.05, 3.63) is 73.7 Å². The van der Waals surface area contributed by atoms with Gasteiger partial charge < -0.3 is 15.4 Å². The van der Waals surface area contributed by atoms with Crippen LogP contribution in [-0.2, 0) is 19.1 Å². The van der Waals surface area contributed by atoms with Crippen LogP contribution in [-0.4, -0.2) is 30.1 Å². The summed E-state index contributed by atoms with van der Waals surface area (Å²) in [7, 11) is 0. The fourth-order valence-corrected chi connectivity index (χ4v) is 4.80. The normalized spacial score (nSPS) is 17.6. The number of benzene rings is 2. The maximum atomic E-state index is 12.9. The molecule has 2 N–H and O–H groups in total. The number of nitrogens with one attached hydrogen (secondary N) is 2. The second kappa shape index (κ2) is 11.6. The summed E-state index contributed by atoms with van der Waals surface area (Å²) in [6.07, 6.45) is 0. The minimum atomic E-state index is -1.30. The molecule has 34 heavy (non-hydrogen) atoms. The third-order valence-corrected chi connectivity index (χ3v) is 6.96. The summed E-state index contributed by atoms with van der Waals surface area (Å²) in [6.45, 7) is 1.69. The van der Waals surface area contributed by atoms with E-state index in [0.717, 1.165) is 11.8 Å². The number of amides is 2. The van der Waals surface area contributed by atoms with Crippen LogP contribution in [0.4, 0.5) is 5.69 Å². The molecule has 176 valence electrons. The number of carbonyl (C=O) groups is 3. The summed E-state index contributed by atoms with van der Waals surface area (Å²) in [4.78, 5) is 38.1. The minimum absolute atomic E-state index is 0.0694. The number of halogens is 3. The number of thioether (sulfide) groups is 1. The van der Waals surface area contributed by atoms with Gasteiger partial charge in [-0.15, -0.1) is 0 Å². The Morgan fingerprint density at radius 2 is 1.88 bits per heavy atom. The highest BCUT2D eigenvalue weighted by Gasteiger charge is 2.45. The molecule has 2 atom stereocenters. The van der Waals surface area contributed by atoms with E-state index in [1.807, 2.05) is 0 Å². The number of allylic oxidation sites excluding steroid dienone is 1. The molecule has 2 amide bonds. The van der Waals surface area contributed by atoms with Crippen LogP contribution in [0.1, 0.15) is 18.4 Å². The standard InChI is InChI=1S/C23H18Cl3N3O4S/c1-2-33-23(32)20-19(13-5-3-4-6-15(13)24)14(10-27)22(29-21(20)31)34-11-18(30)28-12-7-8-16(25)17(26)9-12/h3-9,19-20H,2,11H2,1H3,(H,28,30)(H,29,31). The molecular weight excluding hydrogens is 521 g/mol. The zero-order chi connectivity index (χ0) is 24.8. The van der Waals surface area contributed by atoms with E-state index < -0.39 is 29.6 Å². The van der Waals surface area contributed by atoms with Gasteiger partial charge in [0.2, 0.25) is 11.8 Å². The quantitative estimate of drug-likeness (QED) is 0.373. The second-order valence-corrected chi connectivity index (χ2v) is 9.25. The Balaban J connectivity index is 1.90. The van der Waals surface area contributed by atoms with Crippen molar-refractivity contribution in [1.29, 1.82) is 5.26 Å². The van der Waals surface area contributed by atoms with Crippen LogP contribution in [0, 0.1) is 17.2 Å². The fourth-order valence-electron chi connectivity index (χ4n) is 3.40. The molecule has 0 fully saturated rings. The molecule has 1 aliphatic rings. The van der Waals surface area contributed by atoms with Crippen LogP contribution in [0.3, 0.4) is 0 Å². The van der Waals surface area contributed by atoms with E-state index in [4.69, 9.17) is 39.5 Å². The van der Waals surface area contributed by atoms with E-state index >= 15 is 0 Å². The molecule has 3 rings (SSSR count). The van der Waals surface area contributed by atoms with Crippen molar-refractivity contribution in [2.75, 3.05) is 17.7 Å². The molecule has 2 unspecified atom stereocenters. The van der Waals surface area contributed by atoms with Gasteiger partial charge in [-0.25, -0.2) is 0 Å². The van der Waals surface area contributed by atoms with Crippen molar-refractivity contribution in [2.45, 2.75) is 12.8 Å². The van der Waals surface area contributed by atoms with Gasteiger partial charge in [-0.3, -0.25) is 14.4 Å². The van der Waals surface area contributed by atoms with Crippen LogP contribution in [0.5, 0.6) is 0 Å². The lowest BCUT2D eigenvalue weighted by atomic mass is 9.78. The highest BCUT2D eigenvalue weighted by molar-refractivity contribution is 8.03. The van der Waals surface area contributed by atoms with E-state index in [0.29, 0.717) is 21.3 Å². The molecule has 0 aliphatic carbocycles. The number of nitrogens with zero attached hydrogens (tertiary/aromatic N) is 1. The number of nitriles is 1. The van der Waals surface area contributed by atoms with Crippen LogP contribution < -0.4 is 10.6 Å². The lowest BCUT2D eigenvalue weighted by molar-refractivity contribution is -0.152. The Morgan fingerprint density at radius 1 is 1.15 bits per heavy atom. The van der Waals surface area contributed by atoms with Gasteiger partial charge >= 0.3 is 5.97 Å². The molecule has 0 saturated carbocycles. The molecule has 0 bridgehead atoms. The first-order chi connectivity index (χ1) is 16.3. The minimum Gasteiger partial charge on any atom is -0.465 e. The van der Waals surface area contributed by atoms with Crippen molar-refractivity contribution in [1.82, 2.24) is 5.32 Å². The van der Waals surface area contributed by atoms with E-state index in [-0.39, 0.29) is 28.0 Å². The van der Waals surface area contributed by atoms with Crippen molar-refractivity contribution < 1.29 is 19.1 Å². The number of ether oxygens (including phenoxy) is 1. The van der Waals surface area contributed by atoms with Crippen molar-refractivity contribution >= 4 is 70.0 Å². The van der Waals surface area contributed by atoms with E-state index in [9.17, 15) is 19.6 Å². The number of anilines is 1. The van der Waals surface area contributed by atoms with E-state index in [1.54, 1.807) is 43.3 Å². The monoisotopic (exact) mass is 537 g/mol. The molecule has 0 saturated heterocycles. The maximum Gasteiger partial charge on any atom is 0.319 e. The Hall–Kier alpha value is -2.70. The topological polar surface area (TPSA) is 108 Å². The van der Waals surface area contributed by atoms with Crippen molar-refractivity contribution in [3.8, 4) is 6.07 Å². The number of rotatable bonds is 7. The Morgan fingerprint density at radius 3 is 2.53 bits per heavy atom. The van der Waals surface area contributed by atoms with Crippen LogP contribution >= 0.6 is 46.6 Å². The average Bonchev–Trinajstić information content (AvgIpc) is 2.80. The van der Waals surface area contributed by atoms with Gasteiger partial charge in [-0.1, -0.05) is 64.8 Å². The molecule has 1 heterocycles. The smallest absolute Gasteiger partial charge is 0.319 e. The fraction of sp³-hybridized carbons (Fsp3) is 0.217. The second-order valence-electron chi connectivity index (χ2n) is 7.04. The number of esters is 1.